The molecule has 2 saturated heterocycles. The maximum absolute atomic E-state index is 12.3. The molecule has 0 radical (unpaired) electrons. The van der Waals surface area contributed by atoms with E-state index >= 15 is 0 Å². The summed E-state index contributed by atoms with van der Waals surface area (Å²) in [7, 11) is 0. The van der Waals surface area contributed by atoms with Gasteiger partial charge in [0.1, 0.15) is 5.52 Å². The van der Waals surface area contributed by atoms with Crippen molar-refractivity contribution in [1.29, 1.82) is 0 Å². The third-order valence-electron chi connectivity index (χ3n) is 5.19. The molecule has 2 unspecified atom stereocenters. The lowest BCUT2D eigenvalue weighted by molar-refractivity contribution is -0.0528. The van der Waals surface area contributed by atoms with Crippen molar-refractivity contribution < 1.29 is 18.3 Å². The number of hydrogen-bond donors (Lipinski definition) is 2. The SMILES string of the molecule is FC(F)Oc1cc(Nc2cnc3cnn(CC4CC5CCC(C4)O5)c3n2)n[nH]1. The van der Waals surface area contributed by atoms with Gasteiger partial charge in [-0.05, 0) is 31.6 Å². The zero-order valence-electron chi connectivity index (χ0n) is 14.9. The maximum Gasteiger partial charge on any atom is 0.388 e. The minimum absolute atomic E-state index is 0.134. The average Bonchev–Trinajstić information content (AvgIpc) is 3.35. The zero-order valence-corrected chi connectivity index (χ0v) is 14.9. The molecular formula is C17H19F2N7O2. The number of alkyl halides is 2. The number of rotatable bonds is 6. The normalized spacial score (nSPS) is 24.2. The number of nitrogens with one attached hydrogen (secondary N) is 2. The van der Waals surface area contributed by atoms with Crippen molar-refractivity contribution in [2.24, 2.45) is 5.92 Å². The highest BCUT2D eigenvalue weighted by molar-refractivity contribution is 5.71. The van der Waals surface area contributed by atoms with E-state index in [0.29, 0.717) is 40.9 Å². The van der Waals surface area contributed by atoms with Crippen LogP contribution in [0.3, 0.4) is 0 Å². The third-order valence-corrected chi connectivity index (χ3v) is 5.19. The number of halogens is 2. The first-order valence-electron chi connectivity index (χ1n) is 9.23. The van der Waals surface area contributed by atoms with Crippen molar-refractivity contribution in [3.05, 3.63) is 18.5 Å². The lowest BCUT2D eigenvalue weighted by Crippen LogP contribution is -2.28. The Labute approximate surface area is 158 Å². The Hall–Kier alpha value is -2.82. The summed E-state index contributed by atoms with van der Waals surface area (Å²) >= 11 is 0. The fourth-order valence-electron chi connectivity index (χ4n) is 4.06. The van der Waals surface area contributed by atoms with Crippen LogP contribution in [0.4, 0.5) is 20.4 Å². The minimum atomic E-state index is -2.92. The molecule has 2 fully saturated rings. The second kappa shape index (κ2) is 6.97. The molecule has 0 saturated carbocycles. The van der Waals surface area contributed by atoms with E-state index in [1.54, 1.807) is 12.4 Å². The molecule has 28 heavy (non-hydrogen) atoms. The second-order valence-electron chi connectivity index (χ2n) is 7.21. The Morgan fingerprint density at radius 2 is 2.07 bits per heavy atom. The van der Waals surface area contributed by atoms with Crippen molar-refractivity contribution in [3.63, 3.8) is 0 Å². The molecule has 11 heteroatoms. The predicted octanol–water partition coefficient (Wildman–Crippen LogP) is 2.85. The third kappa shape index (κ3) is 3.49. The van der Waals surface area contributed by atoms with Crippen molar-refractivity contribution in [2.75, 3.05) is 5.32 Å². The number of nitrogens with zero attached hydrogens (tertiary/aromatic N) is 5. The number of aromatic amines is 1. The van der Waals surface area contributed by atoms with Crippen LogP contribution in [0, 0.1) is 5.92 Å². The Morgan fingerprint density at radius 3 is 2.86 bits per heavy atom. The second-order valence-corrected chi connectivity index (χ2v) is 7.21. The van der Waals surface area contributed by atoms with Crippen molar-refractivity contribution in [2.45, 2.75) is 51.0 Å². The Morgan fingerprint density at radius 1 is 1.25 bits per heavy atom. The van der Waals surface area contributed by atoms with Gasteiger partial charge in [0.2, 0.25) is 5.88 Å². The Bertz CT molecular complexity index is 963. The highest BCUT2D eigenvalue weighted by Crippen LogP contribution is 2.36. The van der Waals surface area contributed by atoms with E-state index < -0.39 is 6.61 Å². The van der Waals surface area contributed by atoms with Gasteiger partial charge in [-0.3, -0.25) is 0 Å². The van der Waals surface area contributed by atoms with Crippen LogP contribution in [-0.2, 0) is 11.3 Å². The number of ether oxygens (including phenoxy) is 2. The van der Waals surface area contributed by atoms with E-state index in [1.807, 2.05) is 4.68 Å². The van der Waals surface area contributed by atoms with E-state index in [1.165, 1.54) is 6.07 Å². The van der Waals surface area contributed by atoms with Gasteiger partial charge < -0.3 is 14.8 Å². The van der Waals surface area contributed by atoms with Crippen LogP contribution >= 0.6 is 0 Å². The molecule has 5 rings (SSSR count). The van der Waals surface area contributed by atoms with Gasteiger partial charge in [-0.2, -0.15) is 19.0 Å². The number of fused-ring (bicyclic) bond motifs is 3. The summed E-state index contributed by atoms with van der Waals surface area (Å²) in [6, 6.07) is 1.33. The summed E-state index contributed by atoms with van der Waals surface area (Å²) < 4.78 is 36.6. The predicted molar refractivity (Wildman–Crippen MR) is 94.4 cm³/mol. The first kappa shape index (κ1) is 17.3. The molecule has 5 heterocycles. The molecule has 0 spiro atoms. The zero-order chi connectivity index (χ0) is 19.1. The fourth-order valence-corrected chi connectivity index (χ4v) is 4.06. The number of aromatic nitrogens is 6. The lowest BCUT2D eigenvalue weighted by atomic mass is 9.96. The smallest absolute Gasteiger partial charge is 0.388 e. The van der Waals surface area contributed by atoms with Crippen LogP contribution in [0.1, 0.15) is 25.7 Å². The van der Waals surface area contributed by atoms with Crippen molar-refractivity contribution in [1.82, 2.24) is 29.9 Å². The van der Waals surface area contributed by atoms with Gasteiger partial charge in [0.15, 0.2) is 17.3 Å². The van der Waals surface area contributed by atoms with Crippen LogP contribution in [-0.4, -0.2) is 48.8 Å². The summed E-state index contributed by atoms with van der Waals surface area (Å²) in [6.45, 7) is -2.15. The number of hydrogen-bond acceptors (Lipinski definition) is 7. The molecule has 0 aliphatic carbocycles. The maximum atomic E-state index is 12.3. The monoisotopic (exact) mass is 391 g/mol. The first-order valence-corrected chi connectivity index (χ1v) is 9.23. The Balaban J connectivity index is 1.32. The van der Waals surface area contributed by atoms with E-state index in [9.17, 15) is 8.78 Å². The molecule has 2 aliphatic heterocycles. The Kier molecular flexibility index (Phi) is 4.30. The van der Waals surface area contributed by atoms with Crippen LogP contribution in [0.15, 0.2) is 18.5 Å². The molecule has 2 aliphatic rings. The highest BCUT2D eigenvalue weighted by Gasteiger charge is 2.35. The van der Waals surface area contributed by atoms with E-state index in [2.05, 4.69) is 35.3 Å². The average molecular weight is 391 g/mol. The van der Waals surface area contributed by atoms with Gasteiger partial charge in [0.25, 0.3) is 0 Å². The van der Waals surface area contributed by atoms with Crippen LogP contribution < -0.4 is 10.1 Å². The molecule has 2 N–H and O–H groups in total. The van der Waals surface area contributed by atoms with Gasteiger partial charge >= 0.3 is 6.61 Å². The van der Waals surface area contributed by atoms with Crippen molar-refractivity contribution >= 4 is 22.8 Å². The molecule has 2 atom stereocenters. The quantitative estimate of drug-likeness (QED) is 0.666. The van der Waals surface area contributed by atoms with Crippen molar-refractivity contribution in [3.8, 4) is 5.88 Å². The summed E-state index contributed by atoms with van der Waals surface area (Å²) in [5.74, 6) is 1.12. The van der Waals surface area contributed by atoms with Crippen LogP contribution in [0.5, 0.6) is 5.88 Å². The van der Waals surface area contributed by atoms with Crippen LogP contribution in [0.2, 0.25) is 0 Å². The topological polar surface area (TPSA) is 103 Å². The summed E-state index contributed by atoms with van der Waals surface area (Å²) in [5.41, 5.74) is 1.37. The van der Waals surface area contributed by atoms with Gasteiger partial charge in [-0.25, -0.2) is 19.7 Å². The molecule has 2 bridgehead atoms. The molecule has 3 aromatic heterocycles. The van der Waals surface area contributed by atoms with Gasteiger partial charge in [-0.15, -0.1) is 0 Å². The van der Waals surface area contributed by atoms with Gasteiger partial charge in [0.05, 0.1) is 24.6 Å². The van der Waals surface area contributed by atoms with E-state index in [0.717, 1.165) is 32.2 Å². The summed E-state index contributed by atoms with van der Waals surface area (Å²) in [5, 5.41) is 13.6. The molecule has 148 valence electrons. The van der Waals surface area contributed by atoms with E-state index in [4.69, 9.17) is 4.74 Å². The molecule has 0 aromatic carbocycles. The molecule has 9 nitrogen and oxygen atoms in total. The van der Waals surface area contributed by atoms with Gasteiger partial charge in [0, 0.05) is 12.6 Å². The molecule has 3 aromatic rings. The largest absolute Gasteiger partial charge is 0.417 e. The van der Waals surface area contributed by atoms with Crippen LogP contribution in [0.25, 0.3) is 11.2 Å². The fraction of sp³-hybridized carbons (Fsp3) is 0.529. The standard InChI is InChI=1S/C17H19F2N7O2/c18-17(19)28-15-5-13(24-25-15)22-14-7-20-12-6-21-26(16(12)23-14)8-9-3-10-1-2-11(4-9)27-10/h5-7,9-11,17H,1-4,8H2,(H2,22,23,24,25). The summed E-state index contributed by atoms with van der Waals surface area (Å²) in [6.07, 6.45) is 8.38. The molecular weight excluding hydrogens is 372 g/mol. The lowest BCUT2D eigenvalue weighted by Gasteiger charge is -2.28. The number of anilines is 2. The number of H-pyrrole nitrogens is 1. The highest BCUT2D eigenvalue weighted by atomic mass is 19.3. The first-order chi connectivity index (χ1) is 13.6. The van der Waals surface area contributed by atoms with Gasteiger partial charge in [-0.1, -0.05) is 0 Å². The minimum Gasteiger partial charge on any atom is -0.417 e. The summed E-state index contributed by atoms with van der Waals surface area (Å²) in [4.78, 5) is 8.94. The van der Waals surface area contributed by atoms with E-state index in [-0.39, 0.29) is 5.88 Å². The molecule has 0 amide bonds.